The second kappa shape index (κ2) is 5.11. The first-order valence-corrected chi connectivity index (χ1v) is 6.50. The van der Waals surface area contributed by atoms with E-state index in [2.05, 4.69) is 4.90 Å². The molecular weight excluding hydrogens is 226 g/mol. The van der Waals surface area contributed by atoms with Crippen molar-refractivity contribution in [1.29, 1.82) is 0 Å². The van der Waals surface area contributed by atoms with Crippen LogP contribution in [0.25, 0.3) is 0 Å². The van der Waals surface area contributed by atoms with Crippen molar-refractivity contribution in [2.24, 2.45) is 5.92 Å². The monoisotopic (exact) mass is 247 g/mol. The predicted octanol–water partition coefficient (Wildman–Crippen LogP) is 2.37. The molecule has 0 radical (unpaired) electrons. The number of nitrogens with zero attached hydrogens (tertiary/aromatic N) is 1. The summed E-state index contributed by atoms with van der Waals surface area (Å²) in [6.45, 7) is 3.38. The van der Waals surface area contributed by atoms with Crippen molar-refractivity contribution in [3.63, 3.8) is 0 Å². The number of benzene rings is 1. The van der Waals surface area contributed by atoms with Crippen molar-refractivity contribution in [3.8, 4) is 0 Å². The van der Waals surface area contributed by atoms with Gasteiger partial charge in [-0.1, -0.05) is 30.3 Å². The van der Waals surface area contributed by atoms with Gasteiger partial charge >= 0.3 is 5.97 Å². The Balaban J connectivity index is 2.13. The van der Waals surface area contributed by atoms with E-state index >= 15 is 0 Å². The van der Waals surface area contributed by atoms with Crippen LogP contribution >= 0.6 is 0 Å². The van der Waals surface area contributed by atoms with Crippen LogP contribution in [0.5, 0.6) is 0 Å². The van der Waals surface area contributed by atoms with E-state index in [9.17, 15) is 9.90 Å². The number of carbonyl (C=O) groups is 1. The van der Waals surface area contributed by atoms with E-state index < -0.39 is 11.4 Å². The zero-order valence-corrected chi connectivity index (χ0v) is 11.1. The molecule has 3 nitrogen and oxygen atoms in total. The number of rotatable bonds is 6. The first-order valence-electron chi connectivity index (χ1n) is 6.50. The summed E-state index contributed by atoms with van der Waals surface area (Å²) in [6, 6.07) is 9.52. The topological polar surface area (TPSA) is 40.5 Å². The molecule has 18 heavy (non-hydrogen) atoms. The van der Waals surface area contributed by atoms with Crippen molar-refractivity contribution >= 4 is 5.97 Å². The quantitative estimate of drug-likeness (QED) is 0.839. The first-order chi connectivity index (χ1) is 8.52. The Hall–Kier alpha value is -1.35. The van der Waals surface area contributed by atoms with Crippen molar-refractivity contribution < 1.29 is 9.90 Å². The fraction of sp³-hybridized carbons (Fsp3) is 0.533. The molecule has 1 aliphatic carbocycles. The fourth-order valence-electron chi connectivity index (χ4n) is 2.43. The summed E-state index contributed by atoms with van der Waals surface area (Å²) >= 11 is 0. The molecule has 0 spiro atoms. The van der Waals surface area contributed by atoms with Crippen LogP contribution in [0.15, 0.2) is 30.3 Å². The molecule has 0 heterocycles. The molecule has 0 aromatic heterocycles. The second-order valence-electron chi connectivity index (χ2n) is 5.64. The summed E-state index contributed by atoms with van der Waals surface area (Å²) < 4.78 is 0. The van der Waals surface area contributed by atoms with E-state index in [0.29, 0.717) is 6.54 Å². The van der Waals surface area contributed by atoms with Gasteiger partial charge in [0.2, 0.25) is 0 Å². The van der Waals surface area contributed by atoms with Gasteiger partial charge in [-0.3, -0.25) is 4.79 Å². The standard InChI is InChI=1S/C15H21NO2/c1-15(14(17)18,13-6-4-3-5-7-13)11-16(2)10-12-8-9-12/h3-7,12H,8-11H2,1-2H3,(H,17,18). The zero-order chi connectivity index (χ0) is 13.2. The molecule has 1 N–H and O–H groups in total. The van der Waals surface area contributed by atoms with Crippen LogP contribution in [-0.2, 0) is 10.2 Å². The Morgan fingerprint density at radius 2 is 2.00 bits per heavy atom. The van der Waals surface area contributed by atoms with Gasteiger partial charge in [-0.05, 0) is 38.3 Å². The average molecular weight is 247 g/mol. The number of carboxylic acid groups (broad SMARTS) is 1. The van der Waals surface area contributed by atoms with E-state index in [-0.39, 0.29) is 0 Å². The summed E-state index contributed by atoms with van der Waals surface area (Å²) in [5, 5.41) is 9.56. The molecule has 1 fully saturated rings. The molecule has 1 aromatic rings. The van der Waals surface area contributed by atoms with E-state index in [1.54, 1.807) is 0 Å². The molecule has 1 atom stereocenters. The summed E-state index contributed by atoms with van der Waals surface area (Å²) in [6.07, 6.45) is 2.58. The van der Waals surface area contributed by atoms with Gasteiger partial charge in [0.15, 0.2) is 0 Å². The van der Waals surface area contributed by atoms with E-state index in [1.807, 2.05) is 44.3 Å². The van der Waals surface area contributed by atoms with Crippen LogP contribution < -0.4 is 0 Å². The third kappa shape index (κ3) is 2.91. The smallest absolute Gasteiger partial charge is 0.315 e. The molecule has 3 heteroatoms. The van der Waals surface area contributed by atoms with E-state index in [1.165, 1.54) is 12.8 Å². The molecule has 98 valence electrons. The number of aliphatic carboxylic acids is 1. The van der Waals surface area contributed by atoms with Crippen LogP contribution in [0.4, 0.5) is 0 Å². The molecule has 1 aromatic carbocycles. The molecule has 0 saturated heterocycles. The van der Waals surface area contributed by atoms with Gasteiger partial charge in [-0.15, -0.1) is 0 Å². The Morgan fingerprint density at radius 1 is 1.39 bits per heavy atom. The van der Waals surface area contributed by atoms with E-state index in [4.69, 9.17) is 0 Å². The number of carboxylic acids is 1. The third-order valence-electron chi connectivity index (χ3n) is 3.74. The van der Waals surface area contributed by atoms with Gasteiger partial charge in [0, 0.05) is 13.1 Å². The normalized spacial score (nSPS) is 18.6. The van der Waals surface area contributed by atoms with Gasteiger partial charge in [0.05, 0.1) is 0 Å². The minimum atomic E-state index is -0.828. The van der Waals surface area contributed by atoms with Crippen molar-refractivity contribution in [1.82, 2.24) is 4.90 Å². The molecule has 0 bridgehead atoms. The fourth-order valence-corrected chi connectivity index (χ4v) is 2.43. The Kier molecular flexibility index (Phi) is 3.71. The molecule has 1 aliphatic rings. The number of hydrogen-bond acceptors (Lipinski definition) is 2. The zero-order valence-electron chi connectivity index (χ0n) is 11.1. The minimum absolute atomic E-state index is 0.558. The minimum Gasteiger partial charge on any atom is -0.481 e. The van der Waals surface area contributed by atoms with Gasteiger partial charge in [-0.25, -0.2) is 0 Å². The predicted molar refractivity (Wildman–Crippen MR) is 71.7 cm³/mol. The molecule has 2 rings (SSSR count). The maximum atomic E-state index is 11.6. The lowest BCUT2D eigenvalue weighted by Crippen LogP contribution is -2.43. The maximum absolute atomic E-state index is 11.6. The summed E-state index contributed by atoms with van der Waals surface area (Å²) in [7, 11) is 2.02. The van der Waals surface area contributed by atoms with Crippen LogP contribution in [-0.4, -0.2) is 36.1 Å². The van der Waals surface area contributed by atoms with Crippen molar-refractivity contribution in [3.05, 3.63) is 35.9 Å². The molecular formula is C15H21NO2. The van der Waals surface area contributed by atoms with Crippen LogP contribution in [0, 0.1) is 5.92 Å². The first kappa shape index (κ1) is 13.1. The lowest BCUT2D eigenvalue weighted by molar-refractivity contribution is -0.143. The largest absolute Gasteiger partial charge is 0.481 e. The summed E-state index contributed by atoms with van der Waals surface area (Å²) in [5.74, 6) is 0.0279. The highest BCUT2D eigenvalue weighted by Gasteiger charge is 2.37. The average Bonchev–Trinajstić information content (AvgIpc) is 3.13. The summed E-state index contributed by atoms with van der Waals surface area (Å²) in [5.41, 5.74) is 0.0467. The highest BCUT2D eigenvalue weighted by Crippen LogP contribution is 2.31. The number of likely N-dealkylation sites (N-methyl/N-ethyl adjacent to an activating group) is 1. The Morgan fingerprint density at radius 3 is 2.50 bits per heavy atom. The van der Waals surface area contributed by atoms with Crippen LogP contribution in [0.1, 0.15) is 25.3 Å². The lowest BCUT2D eigenvalue weighted by Gasteiger charge is -2.30. The Bertz CT molecular complexity index is 414. The SMILES string of the molecule is CN(CC1CC1)CC(C)(C(=O)O)c1ccccc1. The third-order valence-corrected chi connectivity index (χ3v) is 3.74. The maximum Gasteiger partial charge on any atom is 0.315 e. The lowest BCUT2D eigenvalue weighted by atomic mass is 9.82. The van der Waals surface area contributed by atoms with Gasteiger partial charge in [0.25, 0.3) is 0 Å². The summed E-state index contributed by atoms with van der Waals surface area (Å²) in [4.78, 5) is 13.8. The second-order valence-corrected chi connectivity index (χ2v) is 5.64. The van der Waals surface area contributed by atoms with Gasteiger partial charge in [-0.2, -0.15) is 0 Å². The van der Waals surface area contributed by atoms with E-state index in [0.717, 1.165) is 18.0 Å². The Labute approximate surface area is 108 Å². The van der Waals surface area contributed by atoms with Crippen molar-refractivity contribution in [2.75, 3.05) is 20.1 Å². The molecule has 1 unspecified atom stereocenters. The van der Waals surface area contributed by atoms with Gasteiger partial charge in [0.1, 0.15) is 5.41 Å². The highest BCUT2D eigenvalue weighted by molar-refractivity contribution is 5.81. The van der Waals surface area contributed by atoms with Gasteiger partial charge < -0.3 is 10.0 Å². The molecule has 0 aliphatic heterocycles. The van der Waals surface area contributed by atoms with Crippen molar-refractivity contribution in [2.45, 2.75) is 25.2 Å². The molecule has 1 saturated carbocycles. The van der Waals surface area contributed by atoms with Crippen LogP contribution in [0.3, 0.4) is 0 Å². The molecule has 0 amide bonds. The van der Waals surface area contributed by atoms with Crippen LogP contribution in [0.2, 0.25) is 0 Å². The highest BCUT2D eigenvalue weighted by atomic mass is 16.4. The number of hydrogen-bond donors (Lipinski definition) is 1.